The second kappa shape index (κ2) is 8.79. The molecule has 1 aromatic heterocycles. The van der Waals surface area contributed by atoms with Gasteiger partial charge in [-0.3, -0.25) is 9.36 Å². The van der Waals surface area contributed by atoms with Crippen molar-refractivity contribution in [3.63, 3.8) is 0 Å². The first-order valence-corrected chi connectivity index (χ1v) is 10.2. The number of carbonyl (C=O) groups is 1. The maximum Gasteiger partial charge on any atom is 0.434 e. The third kappa shape index (κ3) is 4.20. The molecule has 1 fully saturated rings. The standard InChI is InChI=1S/C23H19F4N5O2/c1-34-17-6-4-16(5-7-17)32-20(23(25,26)27)19(22(33)31-9-8-15(29)12-31)30-21(32)13-2-3-14(11-28)18(24)10-13/h2-7,10,15H,8-9,12,29H2,1H3/t15-/m0/s1. The quantitative estimate of drug-likeness (QED) is 0.582. The van der Waals surface area contributed by atoms with Crippen molar-refractivity contribution in [2.45, 2.75) is 18.6 Å². The van der Waals surface area contributed by atoms with Crippen LogP contribution in [0.2, 0.25) is 0 Å². The van der Waals surface area contributed by atoms with Crippen molar-refractivity contribution in [1.82, 2.24) is 14.5 Å². The van der Waals surface area contributed by atoms with Crippen LogP contribution < -0.4 is 10.5 Å². The summed E-state index contributed by atoms with van der Waals surface area (Å²) in [6.07, 6.45) is -4.51. The molecule has 1 amide bonds. The molecule has 1 saturated heterocycles. The van der Waals surface area contributed by atoms with Crippen LogP contribution in [-0.2, 0) is 6.18 Å². The molecule has 0 aliphatic carbocycles. The van der Waals surface area contributed by atoms with Gasteiger partial charge in [0.25, 0.3) is 5.91 Å². The summed E-state index contributed by atoms with van der Waals surface area (Å²) in [5, 5.41) is 9.00. The predicted octanol–water partition coefficient (Wildman–Crippen LogP) is 3.75. The largest absolute Gasteiger partial charge is 0.497 e. The minimum atomic E-state index is -4.97. The van der Waals surface area contributed by atoms with E-state index < -0.39 is 29.3 Å². The zero-order chi connectivity index (χ0) is 24.6. The molecule has 0 bridgehead atoms. The Morgan fingerprint density at radius 3 is 2.47 bits per heavy atom. The summed E-state index contributed by atoms with van der Waals surface area (Å²) in [5.74, 6) is -1.72. The highest BCUT2D eigenvalue weighted by Crippen LogP contribution is 2.39. The highest BCUT2D eigenvalue weighted by atomic mass is 19.4. The van der Waals surface area contributed by atoms with Crippen molar-refractivity contribution in [3.05, 3.63) is 65.2 Å². The lowest BCUT2D eigenvalue weighted by molar-refractivity contribution is -0.142. The number of nitrogens with zero attached hydrogens (tertiary/aromatic N) is 4. The first-order chi connectivity index (χ1) is 16.1. The Morgan fingerprint density at radius 1 is 1.24 bits per heavy atom. The molecule has 34 heavy (non-hydrogen) atoms. The van der Waals surface area contributed by atoms with Gasteiger partial charge in [0.2, 0.25) is 0 Å². The fourth-order valence-electron chi connectivity index (χ4n) is 3.87. The van der Waals surface area contributed by atoms with E-state index in [-0.39, 0.29) is 41.8 Å². The molecular formula is C23H19F4N5O2. The van der Waals surface area contributed by atoms with E-state index in [2.05, 4.69) is 4.98 Å². The van der Waals surface area contributed by atoms with Crippen LogP contribution in [0.5, 0.6) is 5.75 Å². The van der Waals surface area contributed by atoms with Gasteiger partial charge in [0.1, 0.15) is 23.5 Å². The second-order valence-electron chi connectivity index (χ2n) is 7.77. The molecule has 0 spiro atoms. The van der Waals surface area contributed by atoms with E-state index in [9.17, 15) is 22.4 Å². The number of aromatic nitrogens is 2. The monoisotopic (exact) mass is 473 g/mol. The van der Waals surface area contributed by atoms with Gasteiger partial charge >= 0.3 is 6.18 Å². The van der Waals surface area contributed by atoms with Gasteiger partial charge in [0.15, 0.2) is 11.4 Å². The highest BCUT2D eigenvalue weighted by Gasteiger charge is 2.44. The summed E-state index contributed by atoms with van der Waals surface area (Å²) >= 11 is 0. The number of benzene rings is 2. The smallest absolute Gasteiger partial charge is 0.434 e. The fourth-order valence-corrected chi connectivity index (χ4v) is 3.87. The number of methoxy groups -OCH3 is 1. The van der Waals surface area contributed by atoms with Crippen LogP contribution in [-0.4, -0.2) is 46.6 Å². The van der Waals surface area contributed by atoms with E-state index in [1.54, 1.807) is 6.07 Å². The molecule has 0 radical (unpaired) electrons. The Morgan fingerprint density at radius 2 is 1.94 bits per heavy atom. The number of likely N-dealkylation sites (tertiary alicyclic amines) is 1. The summed E-state index contributed by atoms with van der Waals surface area (Å²) in [7, 11) is 1.41. The first kappa shape index (κ1) is 23.3. The molecule has 176 valence electrons. The summed E-state index contributed by atoms with van der Waals surface area (Å²) in [4.78, 5) is 18.4. The number of rotatable bonds is 4. The van der Waals surface area contributed by atoms with Crippen LogP contribution in [0.25, 0.3) is 17.1 Å². The van der Waals surface area contributed by atoms with Crippen molar-refractivity contribution in [1.29, 1.82) is 5.26 Å². The van der Waals surface area contributed by atoms with E-state index >= 15 is 0 Å². The number of alkyl halides is 3. The molecule has 2 aromatic carbocycles. The summed E-state index contributed by atoms with van der Waals surface area (Å²) in [5.41, 5.74) is 3.47. The number of carbonyl (C=O) groups excluding carboxylic acids is 1. The zero-order valence-electron chi connectivity index (χ0n) is 17.9. The third-order valence-electron chi connectivity index (χ3n) is 5.54. The maximum absolute atomic E-state index is 14.4. The molecule has 3 aromatic rings. The van der Waals surface area contributed by atoms with Crippen molar-refractivity contribution in [3.8, 4) is 28.9 Å². The van der Waals surface area contributed by atoms with E-state index in [0.29, 0.717) is 12.2 Å². The van der Waals surface area contributed by atoms with Gasteiger partial charge in [0.05, 0.1) is 12.7 Å². The van der Waals surface area contributed by atoms with E-state index in [0.717, 1.165) is 16.7 Å². The van der Waals surface area contributed by atoms with Gasteiger partial charge in [-0.05, 0) is 48.9 Å². The summed E-state index contributed by atoms with van der Waals surface area (Å²) in [6, 6.07) is 10.3. The van der Waals surface area contributed by atoms with Gasteiger partial charge in [-0.25, -0.2) is 9.37 Å². The number of amides is 1. The molecule has 2 N–H and O–H groups in total. The maximum atomic E-state index is 14.4. The fraction of sp³-hybridized carbons (Fsp3) is 0.261. The number of hydrogen-bond donors (Lipinski definition) is 1. The third-order valence-corrected chi connectivity index (χ3v) is 5.54. The lowest BCUT2D eigenvalue weighted by Gasteiger charge is -2.18. The molecule has 0 saturated carbocycles. The Balaban J connectivity index is 1.99. The van der Waals surface area contributed by atoms with Crippen LogP contribution in [0.3, 0.4) is 0 Å². The molecule has 11 heteroatoms. The summed E-state index contributed by atoms with van der Waals surface area (Å²) in [6.45, 7) is 0.305. The Bertz CT molecular complexity index is 1280. The van der Waals surface area contributed by atoms with Crippen molar-refractivity contribution in [2.24, 2.45) is 5.73 Å². The van der Waals surface area contributed by atoms with Gasteiger partial charge in [-0.15, -0.1) is 0 Å². The van der Waals surface area contributed by atoms with Crippen LogP contribution in [0, 0.1) is 17.1 Å². The number of nitrogens with two attached hydrogens (primary N) is 1. The van der Waals surface area contributed by atoms with Crippen LogP contribution in [0.15, 0.2) is 42.5 Å². The van der Waals surface area contributed by atoms with E-state index in [1.165, 1.54) is 42.3 Å². The summed E-state index contributed by atoms with van der Waals surface area (Å²) < 4.78 is 63.4. The molecule has 1 atom stereocenters. The van der Waals surface area contributed by atoms with Crippen molar-refractivity contribution < 1.29 is 27.1 Å². The van der Waals surface area contributed by atoms with Crippen molar-refractivity contribution in [2.75, 3.05) is 20.2 Å². The second-order valence-corrected chi connectivity index (χ2v) is 7.77. The van der Waals surface area contributed by atoms with Gasteiger partial charge in [0, 0.05) is 30.4 Å². The Labute approximate surface area is 192 Å². The number of hydrogen-bond acceptors (Lipinski definition) is 5. The normalized spacial score (nSPS) is 15.9. The lowest BCUT2D eigenvalue weighted by atomic mass is 10.1. The number of ether oxygens (including phenoxy) is 1. The first-order valence-electron chi connectivity index (χ1n) is 10.2. The number of halogens is 4. The van der Waals surface area contributed by atoms with Gasteiger partial charge in [-0.2, -0.15) is 18.4 Å². The minimum absolute atomic E-state index is 0.0324. The molecule has 2 heterocycles. The van der Waals surface area contributed by atoms with Crippen LogP contribution >= 0.6 is 0 Å². The molecule has 7 nitrogen and oxygen atoms in total. The highest BCUT2D eigenvalue weighted by molar-refractivity contribution is 5.95. The van der Waals surface area contributed by atoms with E-state index in [1.807, 2.05) is 0 Å². The van der Waals surface area contributed by atoms with E-state index in [4.69, 9.17) is 15.7 Å². The van der Waals surface area contributed by atoms with Crippen LogP contribution in [0.4, 0.5) is 17.6 Å². The van der Waals surface area contributed by atoms with Gasteiger partial charge in [-0.1, -0.05) is 0 Å². The minimum Gasteiger partial charge on any atom is -0.497 e. The molecule has 4 rings (SSSR count). The number of imidazole rings is 1. The molecular weight excluding hydrogens is 454 g/mol. The molecule has 1 aliphatic rings. The van der Waals surface area contributed by atoms with Crippen molar-refractivity contribution >= 4 is 5.91 Å². The molecule has 0 unspecified atom stereocenters. The average molecular weight is 473 g/mol. The average Bonchev–Trinajstić information content (AvgIpc) is 3.43. The Kier molecular flexibility index (Phi) is 6.01. The zero-order valence-corrected chi connectivity index (χ0v) is 17.9. The number of nitriles is 1. The van der Waals surface area contributed by atoms with Crippen LogP contribution in [0.1, 0.15) is 28.2 Å². The Hall–Kier alpha value is -3.91. The van der Waals surface area contributed by atoms with Gasteiger partial charge < -0.3 is 15.4 Å². The SMILES string of the molecule is COc1ccc(-n2c(-c3ccc(C#N)c(F)c3)nc(C(=O)N3CC[C@H](N)C3)c2C(F)(F)F)cc1. The molecule has 1 aliphatic heterocycles. The topological polar surface area (TPSA) is 97.2 Å². The lowest BCUT2D eigenvalue weighted by Crippen LogP contribution is -2.33. The predicted molar refractivity (Wildman–Crippen MR) is 114 cm³/mol.